The Labute approximate surface area is 154 Å². The van der Waals surface area contributed by atoms with E-state index in [1.165, 1.54) is 21.8 Å². The Hall–Kier alpha value is -1.55. The third-order valence-electron chi connectivity index (χ3n) is 4.82. The van der Waals surface area contributed by atoms with Crippen molar-refractivity contribution < 1.29 is 9.53 Å². The Bertz CT molecular complexity index is 781. The van der Waals surface area contributed by atoms with Crippen molar-refractivity contribution in [3.8, 4) is 0 Å². The van der Waals surface area contributed by atoms with Crippen LogP contribution in [0.1, 0.15) is 50.9 Å². The molecule has 1 amide bonds. The Kier molecular flexibility index (Phi) is 4.48. The van der Waals surface area contributed by atoms with Crippen LogP contribution in [0.4, 0.5) is 5.13 Å². The number of hydrogen-bond acceptors (Lipinski definition) is 8. The summed E-state index contributed by atoms with van der Waals surface area (Å²) < 4.78 is 6.18. The molecule has 0 saturated carbocycles. The lowest BCUT2D eigenvalue weighted by molar-refractivity contribution is -0.0792. The monoisotopic (exact) mass is 379 g/mol. The summed E-state index contributed by atoms with van der Waals surface area (Å²) in [5.41, 5.74) is 6.62. The first-order valence-electron chi connectivity index (χ1n) is 8.45. The van der Waals surface area contributed by atoms with Crippen LogP contribution >= 0.6 is 22.7 Å². The maximum Gasteiger partial charge on any atom is 0.261 e. The fourth-order valence-electron chi connectivity index (χ4n) is 3.52. The van der Waals surface area contributed by atoms with E-state index in [9.17, 15) is 4.79 Å². The number of nitrogens with one attached hydrogen (secondary N) is 2. The molecule has 9 heteroatoms. The summed E-state index contributed by atoms with van der Waals surface area (Å²) in [6.07, 6.45) is 2.79. The molecule has 1 saturated heterocycles. The zero-order chi connectivity index (χ0) is 17.4. The molecule has 4 rings (SSSR count). The SMILES string of the molecule is CC(NC(=O)c1cc2c(s1)CCOC21CCNCC1)c1nnc(N)s1. The van der Waals surface area contributed by atoms with E-state index >= 15 is 0 Å². The highest BCUT2D eigenvalue weighted by Gasteiger charge is 2.40. The van der Waals surface area contributed by atoms with E-state index in [1.807, 2.05) is 13.0 Å². The maximum absolute atomic E-state index is 12.7. The van der Waals surface area contributed by atoms with Gasteiger partial charge in [0.05, 0.1) is 23.1 Å². The number of carbonyl (C=O) groups excluding carboxylic acids is 1. The van der Waals surface area contributed by atoms with Crippen LogP contribution in [0, 0.1) is 0 Å². The molecule has 134 valence electrons. The van der Waals surface area contributed by atoms with Crippen LogP contribution in [0.2, 0.25) is 0 Å². The molecule has 2 aromatic rings. The molecule has 4 N–H and O–H groups in total. The van der Waals surface area contributed by atoms with E-state index in [0.717, 1.165) is 43.8 Å². The van der Waals surface area contributed by atoms with Gasteiger partial charge >= 0.3 is 0 Å². The lowest BCUT2D eigenvalue weighted by atomic mass is 9.83. The molecular formula is C16H21N5O2S2. The smallest absolute Gasteiger partial charge is 0.261 e. The predicted molar refractivity (Wildman–Crippen MR) is 98.0 cm³/mol. The van der Waals surface area contributed by atoms with Crippen molar-refractivity contribution in [2.75, 3.05) is 25.4 Å². The first kappa shape index (κ1) is 16.9. The van der Waals surface area contributed by atoms with Gasteiger partial charge in [-0.1, -0.05) is 11.3 Å². The highest BCUT2D eigenvalue weighted by atomic mass is 32.1. The molecule has 0 bridgehead atoms. The number of hydrogen-bond donors (Lipinski definition) is 3. The Balaban J connectivity index is 1.54. The van der Waals surface area contributed by atoms with Gasteiger partial charge in [-0.25, -0.2) is 0 Å². The third-order valence-corrected chi connectivity index (χ3v) is 6.95. The van der Waals surface area contributed by atoms with Crippen LogP contribution in [-0.4, -0.2) is 35.8 Å². The van der Waals surface area contributed by atoms with E-state index in [1.54, 1.807) is 11.3 Å². The van der Waals surface area contributed by atoms with Crippen molar-refractivity contribution in [2.45, 2.75) is 37.8 Å². The average Bonchev–Trinajstić information content (AvgIpc) is 3.23. The summed E-state index contributed by atoms with van der Waals surface area (Å²) >= 11 is 2.88. The first-order chi connectivity index (χ1) is 12.1. The van der Waals surface area contributed by atoms with Gasteiger partial charge in [-0.05, 0) is 44.5 Å². The number of fused-ring (bicyclic) bond motifs is 2. The Morgan fingerprint density at radius 3 is 2.92 bits per heavy atom. The lowest BCUT2D eigenvalue weighted by Gasteiger charge is -2.40. The van der Waals surface area contributed by atoms with E-state index in [-0.39, 0.29) is 17.6 Å². The largest absolute Gasteiger partial charge is 0.374 e. The van der Waals surface area contributed by atoms with E-state index in [2.05, 4.69) is 20.8 Å². The lowest BCUT2D eigenvalue weighted by Crippen LogP contribution is -2.44. The minimum Gasteiger partial charge on any atom is -0.374 e. The highest BCUT2D eigenvalue weighted by Crippen LogP contribution is 2.43. The van der Waals surface area contributed by atoms with Gasteiger partial charge < -0.3 is 21.1 Å². The number of nitrogen functional groups attached to an aromatic ring is 1. The number of anilines is 1. The second-order valence-corrected chi connectivity index (χ2v) is 8.64. The molecule has 25 heavy (non-hydrogen) atoms. The van der Waals surface area contributed by atoms with E-state index in [0.29, 0.717) is 10.1 Å². The number of thiophene rings is 1. The van der Waals surface area contributed by atoms with Gasteiger partial charge in [0.25, 0.3) is 5.91 Å². The molecule has 2 aliphatic rings. The van der Waals surface area contributed by atoms with Crippen LogP contribution < -0.4 is 16.4 Å². The number of piperidine rings is 1. The zero-order valence-electron chi connectivity index (χ0n) is 14.0. The Morgan fingerprint density at radius 2 is 2.20 bits per heavy atom. The molecular weight excluding hydrogens is 358 g/mol. The number of ether oxygens (including phenoxy) is 1. The normalized spacial score (nSPS) is 20.2. The molecule has 0 radical (unpaired) electrons. The molecule has 1 fully saturated rings. The third kappa shape index (κ3) is 3.17. The fraction of sp³-hybridized carbons (Fsp3) is 0.562. The Morgan fingerprint density at radius 1 is 1.40 bits per heavy atom. The molecule has 1 unspecified atom stereocenters. The number of nitrogens with two attached hydrogens (primary N) is 1. The summed E-state index contributed by atoms with van der Waals surface area (Å²) in [6, 6.07) is 1.81. The molecule has 7 nitrogen and oxygen atoms in total. The van der Waals surface area contributed by atoms with Gasteiger partial charge in [0.2, 0.25) is 5.13 Å². The molecule has 0 aliphatic carbocycles. The first-order valence-corrected chi connectivity index (χ1v) is 10.1. The van der Waals surface area contributed by atoms with Gasteiger partial charge in [-0.2, -0.15) is 0 Å². The van der Waals surface area contributed by atoms with E-state index < -0.39 is 0 Å². The van der Waals surface area contributed by atoms with Gasteiger partial charge in [0, 0.05) is 11.3 Å². The van der Waals surface area contributed by atoms with Crippen molar-refractivity contribution in [3.05, 3.63) is 26.4 Å². The van der Waals surface area contributed by atoms with Crippen molar-refractivity contribution in [1.82, 2.24) is 20.8 Å². The van der Waals surface area contributed by atoms with Gasteiger partial charge in [0.15, 0.2) is 0 Å². The summed E-state index contributed by atoms with van der Waals surface area (Å²) in [4.78, 5) is 14.7. The second kappa shape index (κ2) is 6.64. The number of rotatable bonds is 3. The molecule has 0 aromatic carbocycles. The van der Waals surface area contributed by atoms with Crippen LogP contribution in [0.5, 0.6) is 0 Å². The molecule has 2 aromatic heterocycles. The van der Waals surface area contributed by atoms with Crippen LogP contribution in [0.3, 0.4) is 0 Å². The summed E-state index contributed by atoms with van der Waals surface area (Å²) in [6.45, 7) is 4.52. The average molecular weight is 380 g/mol. The summed E-state index contributed by atoms with van der Waals surface area (Å²) in [7, 11) is 0. The maximum atomic E-state index is 12.7. The van der Waals surface area contributed by atoms with Crippen molar-refractivity contribution >= 4 is 33.7 Å². The van der Waals surface area contributed by atoms with Crippen molar-refractivity contribution in [1.29, 1.82) is 0 Å². The quantitative estimate of drug-likeness (QED) is 0.752. The summed E-state index contributed by atoms with van der Waals surface area (Å²) in [5, 5.41) is 15.3. The van der Waals surface area contributed by atoms with Gasteiger partial charge in [-0.3, -0.25) is 4.79 Å². The van der Waals surface area contributed by atoms with Gasteiger partial charge in [0.1, 0.15) is 5.01 Å². The van der Waals surface area contributed by atoms with Crippen molar-refractivity contribution in [2.24, 2.45) is 0 Å². The molecule has 4 heterocycles. The zero-order valence-corrected chi connectivity index (χ0v) is 15.6. The van der Waals surface area contributed by atoms with E-state index in [4.69, 9.17) is 10.5 Å². The molecule has 1 spiro atoms. The van der Waals surface area contributed by atoms with Crippen LogP contribution in [0.25, 0.3) is 0 Å². The number of amides is 1. The van der Waals surface area contributed by atoms with Crippen molar-refractivity contribution in [3.63, 3.8) is 0 Å². The topological polar surface area (TPSA) is 102 Å². The highest BCUT2D eigenvalue weighted by molar-refractivity contribution is 7.15. The molecule has 2 aliphatic heterocycles. The number of carbonyl (C=O) groups is 1. The second-order valence-electron chi connectivity index (χ2n) is 6.46. The standard InChI is InChI=1S/C16H21N5O2S2/c1-9(14-20-21-15(17)25-14)19-13(22)12-8-10-11(24-12)2-7-23-16(10)3-5-18-6-4-16/h8-9,18H,2-7H2,1H3,(H2,17,21)(H,19,22). The number of nitrogens with zero attached hydrogens (tertiary/aromatic N) is 2. The number of aromatic nitrogens is 2. The molecule has 1 atom stereocenters. The predicted octanol–water partition coefficient (Wildman–Crippen LogP) is 1.82. The van der Waals surface area contributed by atoms with Crippen LogP contribution in [-0.2, 0) is 16.8 Å². The minimum absolute atomic E-state index is 0.0789. The fourth-order valence-corrected chi connectivity index (χ4v) is 5.27. The summed E-state index contributed by atoms with van der Waals surface area (Å²) in [5.74, 6) is -0.0789. The minimum atomic E-state index is -0.217. The van der Waals surface area contributed by atoms with Crippen LogP contribution in [0.15, 0.2) is 6.07 Å². The van der Waals surface area contributed by atoms with Gasteiger partial charge in [-0.15, -0.1) is 21.5 Å².